The van der Waals surface area contributed by atoms with Crippen LogP contribution < -0.4 is 0 Å². The molecule has 0 unspecified atom stereocenters. The van der Waals surface area contributed by atoms with Crippen LogP contribution in [-0.2, 0) is 16.1 Å². The van der Waals surface area contributed by atoms with Gasteiger partial charge in [0.2, 0.25) is 5.91 Å². The number of hydrogen-bond donors (Lipinski definition) is 1. The second-order valence-corrected chi connectivity index (χ2v) is 4.16. The van der Waals surface area contributed by atoms with Crippen molar-refractivity contribution in [3.8, 4) is 11.8 Å². The Morgan fingerprint density at radius 1 is 1.37 bits per heavy atom. The minimum absolute atomic E-state index is 0.0469. The first-order valence-corrected chi connectivity index (χ1v) is 6.09. The molecule has 1 aromatic carbocycles. The molecule has 1 rings (SSSR count). The normalized spacial score (nSPS) is 9.63. The lowest BCUT2D eigenvalue weighted by Gasteiger charge is -2.16. The largest absolute Gasteiger partial charge is 0.395 e. The van der Waals surface area contributed by atoms with Crippen LogP contribution in [0.4, 0.5) is 0 Å². The molecule has 0 bridgehead atoms. The molecule has 0 atom stereocenters. The lowest BCUT2D eigenvalue weighted by molar-refractivity contribution is -0.134. The van der Waals surface area contributed by atoms with Crippen molar-refractivity contribution in [2.24, 2.45) is 0 Å². The van der Waals surface area contributed by atoms with Crippen molar-refractivity contribution in [3.05, 3.63) is 35.4 Å². The summed E-state index contributed by atoms with van der Waals surface area (Å²) >= 11 is 0. The number of benzene rings is 1. The highest BCUT2D eigenvalue weighted by molar-refractivity contribution is 5.77. The van der Waals surface area contributed by atoms with Crippen LogP contribution in [0.5, 0.6) is 0 Å². The lowest BCUT2D eigenvalue weighted by Crippen LogP contribution is -2.29. The molecule has 1 aromatic rings. The Hall–Kier alpha value is -1.83. The third-order valence-electron chi connectivity index (χ3n) is 2.54. The zero-order chi connectivity index (χ0) is 14.1. The molecule has 1 amide bonds. The maximum Gasteiger partial charge on any atom is 0.248 e. The van der Waals surface area contributed by atoms with Crippen molar-refractivity contribution < 1.29 is 14.6 Å². The zero-order valence-corrected chi connectivity index (χ0v) is 11.3. The molecule has 0 aliphatic carbocycles. The Bertz CT molecular complexity index is 457. The molecule has 19 heavy (non-hydrogen) atoms. The van der Waals surface area contributed by atoms with Crippen LogP contribution in [0.25, 0.3) is 0 Å². The Balaban J connectivity index is 2.57. The van der Waals surface area contributed by atoms with Gasteiger partial charge in [0.1, 0.15) is 6.61 Å². The molecule has 0 spiro atoms. The zero-order valence-electron chi connectivity index (χ0n) is 11.3. The Morgan fingerprint density at radius 2 is 2.05 bits per heavy atom. The van der Waals surface area contributed by atoms with Gasteiger partial charge in [-0.3, -0.25) is 4.79 Å². The average Bonchev–Trinajstić information content (AvgIpc) is 2.41. The molecule has 0 saturated heterocycles. The van der Waals surface area contributed by atoms with Gasteiger partial charge in [-0.2, -0.15) is 0 Å². The molecule has 1 N–H and O–H groups in total. The Kier molecular flexibility index (Phi) is 6.65. The predicted octanol–water partition coefficient (Wildman–Crippen LogP) is 1.03. The van der Waals surface area contributed by atoms with Crippen molar-refractivity contribution in [2.45, 2.75) is 13.0 Å². The van der Waals surface area contributed by atoms with Crippen LogP contribution in [0, 0.1) is 11.8 Å². The number of carbonyl (C=O) groups excluding carboxylic acids is 1. The molecule has 0 aliphatic heterocycles. The van der Waals surface area contributed by atoms with Crippen molar-refractivity contribution in [1.29, 1.82) is 0 Å². The summed E-state index contributed by atoms with van der Waals surface area (Å²) in [6.45, 7) is 0.727. The highest BCUT2D eigenvalue weighted by atomic mass is 16.5. The average molecular weight is 261 g/mol. The van der Waals surface area contributed by atoms with Gasteiger partial charge < -0.3 is 14.7 Å². The monoisotopic (exact) mass is 261 g/mol. The number of aliphatic hydroxyl groups is 1. The minimum atomic E-state index is -0.0469. The van der Waals surface area contributed by atoms with Gasteiger partial charge in [-0.1, -0.05) is 24.0 Å². The number of methoxy groups -OCH3 is 1. The molecule has 0 aromatic heterocycles. The van der Waals surface area contributed by atoms with E-state index < -0.39 is 0 Å². The minimum Gasteiger partial charge on any atom is -0.395 e. The predicted molar refractivity (Wildman–Crippen MR) is 73.4 cm³/mol. The van der Waals surface area contributed by atoms with Crippen LogP contribution >= 0.6 is 0 Å². The quantitative estimate of drug-likeness (QED) is 0.805. The summed E-state index contributed by atoms with van der Waals surface area (Å²) in [4.78, 5) is 13.2. The maximum absolute atomic E-state index is 11.5. The van der Waals surface area contributed by atoms with E-state index in [9.17, 15) is 4.79 Å². The van der Waals surface area contributed by atoms with Crippen LogP contribution in [0.3, 0.4) is 0 Å². The molecule has 4 heteroatoms. The van der Waals surface area contributed by atoms with Crippen LogP contribution in [0.2, 0.25) is 0 Å². The number of ether oxygens (including phenoxy) is 1. The first kappa shape index (κ1) is 15.2. The standard InChI is InChI=1S/C15H19NO3/c1-16(15(18)12-19-2)11-14-8-6-13(7-9-14)5-3-4-10-17/h6-9,17H,4,10-12H2,1-2H3. The van der Waals surface area contributed by atoms with E-state index in [1.54, 1.807) is 11.9 Å². The third-order valence-corrected chi connectivity index (χ3v) is 2.54. The number of amides is 1. The lowest BCUT2D eigenvalue weighted by atomic mass is 10.1. The number of likely N-dealkylation sites (N-methyl/N-ethyl adjacent to an activating group) is 1. The van der Waals surface area contributed by atoms with Gasteiger partial charge >= 0.3 is 0 Å². The molecular weight excluding hydrogens is 242 g/mol. The summed E-state index contributed by atoms with van der Waals surface area (Å²) in [6, 6.07) is 7.71. The summed E-state index contributed by atoms with van der Waals surface area (Å²) in [7, 11) is 3.25. The van der Waals surface area contributed by atoms with Gasteiger partial charge in [0.15, 0.2) is 0 Å². The molecule has 0 radical (unpaired) electrons. The SMILES string of the molecule is COCC(=O)N(C)Cc1ccc(C#CCCO)cc1. The van der Waals surface area contributed by atoms with Gasteiger partial charge in [0.25, 0.3) is 0 Å². The van der Waals surface area contributed by atoms with Crippen LogP contribution in [-0.4, -0.2) is 43.3 Å². The number of aliphatic hydroxyl groups excluding tert-OH is 1. The molecule has 0 fully saturated rings. The molecule has 0 heterocycles. The van der Waals surface area contributed by atoms with Gasteiger partial charge in [0, 0.05) is 32.7 Å². The summed E-state index contributed by atoms with van der Waals surface area (Å²) in [5, 5.41) is 8.63. The molecule has 4 nitrogen and oxygen atoms in total. The number of hydrogen-bond acceptors (Lipinski definition) is 3. The molecule has 0 saturated carbocycles. The summed E-state index contributed by atoms with van der Waals surface area (Å²) < 4.78 is 4.81. The number of rotatable bonds is 5. The van der Waals surface area contributed by atoms with Crippen molar-refractivity contribution in [1.82, 2.24) is 4.90 Å². The molecular formula is C15H19NO3. The van der Waals surface area contributed by atoms with Crippen molar-refractivity contribution in [2.75, 3.05) is 27.4 Å². The summed E-state index contributed by atoms with van der Waals surface area (Å²) in [5.41, 5.74) is 1.95. The maximum atomic E-state index is 11.5. The van der Waals surface area contributed by atoms with Crippen molar-refractivity contribution in [3.63, 3.8) is 0 Å². The van der Waals surface area contributed by atoms with E-state index >= 15 is 0 Å². The van der Waals surface area contributed by atoms with E-state index in [1.807, 2.05) is 24.3 Å². The van der Waals surface area contributed by atoms with Gasteiger partial charge in [-0.25, -0.2) is 0 Å². The molecule has 102 valence electrons. The summed E-state index contributed by atoms with van der Waals surface area (Å²) in [5.74, 6) is 5.78. The van der Waals surface area contributed by atoms with Gasteiger partial charge in [-0.15, -0.1) is 0 Å². The number of carbonyl (C=O) groups is 1. The Morgan fingerprint density at radius 3 is 2.63 bits per heavy atom. The fourth-order valence-electron chi connectivity index (χ4n) is 1.51. The van der Waals surface area contributed by atoms with Crippen LogP contribution in [0.1, 0.15) is 17.5 Å². The fraction of sp³-hybridized carbons (Fsp3) is 0.400. The van der Waals surface area contributed by atoms with E-state index in [4.69, 9.17) is 9.84 Å². The van der Waals surface area contributed by atoms with E-state index in [2.05, 4.69) is 11.8 Å². The first-order valence-electron chi connectivity index (χ1n) is 6.09. The van der Waals surface area contributed by atoms with Gasteiger partial charge in [-0.05, 0) is 17.7 Å². The van der Waals surface area contributed by atoms with Crippen molar-refractivity contribution >= 4 is 5.91 Å². The van der Waals surface area contributed by atoms with Gasteiger partial charge in [0.05, 0.1) is 6.61 Å². The van der Waals surface area contributed by atoms with Crippen LogP contribution in [0.15, 0.2) is 24.3 Å². The summed E-state index contributed by atoms with van der Waals surface area (Å²) in [6.07, 6.45) is 0.482. The second-order valence-electron chi connectivity index (χ2n) is 4.16. The Labute approximate surface area is 114 Å². The molecule has 0 aliphatic rings. The van der Waals surface area contributed by atoms with E-state index in [1.165, 1.54) is 7.11 Å². The van der Waals surface area contributed by atoms with E-state index in [0.717, 1.165) is 11.1 Å². The highest BCUT2D eigenvalue weighted by Crippen LogP contribution is 2.06. The van der Waals surface area contributed by atoms with E-state index in [0.29, 0.717) is 13.0 Å². The second kappa shape index (κ2) is 8.30. The fourth-order valence-corrected chi connectivity index (χ4v) is 1.51. The topological polar surface area (TPSA) is 49.8 Å². The smallest absolute Gasteiger partial charge is 0.248 e. The van der Waals surface area contributed by atoms with E-state index in [-0.39, 0.29) is 19.1 Å². The highest BCUT2D eigenvalue weighted by Gasteiger charge is 2.08. The third kappa shape index (κ3) is 5.56. The number of nitrogens with zero attached hydrogens (tertiary/aromatic N) is 1. The first-order chi connectivity index (χ1) is 9.17.